The minimum Gasteiger partial charge on any atom is -0.312 e. The first-order valence-corrected chi connectivity index (χ1v) is 8.24. The zero-order valence-corrected chi connectivity index (χ0v) is 13.1. The third-order valence-electron chi connectivity index (χ3n) is 4.77. The summed E-state index contributed by atoms with van der Waals surface area (Å²) >= 11 is 0. The quantitative estimate of drug-likeness (QED) is 0.925. The minimum atomic E-state index is -0.263. The van der Waals surface area contributed by atoms with Gasteiger partial charge in [-0.1, -0.05) is 0 Å². The van der Waals surface area contributed by atoms with Crippen LogP contribution in [0.3, 0.4) is 0 Å². The first-order valence-electron chi connectivity index (χ1n) is 8.24. The van der Waals surface area contributed by atoms with Gasteiger partial charge in [0.2, 0.25) is 0 Å². The van der Waals surface area contributed by atoms with E-state index in [1.807, 2.05) is 0 Å². The highest BCUT2D eigenvalue weighted by Crippen LogP contribution is 2.28. The summed E-state index contributed by atoms with van der Waals surface area (Å²) < 4.78 is 15.5. The predicted octanol–water partition coefficient (Wildman–Crippen LogP) is 1.29. The molecular weight excluding hydrogens is 295 g/mol. The highest BCUT2D eigenvalue weighted by molar-refractivity contribution is 5.11. The van der Waals surface area contributed by atoms with E-state index in [0.29, 0.717) is 5.92 Å². The number of hydrogen-bond donors (Lipinski definition) is 1. The van der Waals surface area contributed by atoms with Crippen LogP contribution in [0.1, 0.15) is 36.0 Å². The zero-order valence-electron chi connectivity index (χ0n) is 13.1. The third-order valence-corrected chi connectivity index (χ3v) is 4.77. The molecule has 6 nitrogen and oxygen atoms in total. The maximum atomic E-state index is 13.2. The molecule has 2 aromatic rings. The lowest BCUT2D eigenvalue weighted by molar-refractivity contribution is 0.199. The Morgan fingerprint density at radius 2 is 2.04 bits per heavy atom. The number of nitrogens with zero attached hydrogens (tertiary/aromatic N) is 5. The molecule has 0 bridgehead atoms. The summed E-state index contributed by atoms with van der Waals surface area (Å²) in [5, 5.41) is 12.1. The van der Waals surface area contributed by atoms with Crippen molar-refractivity contribution in [2.45, 2.75) is 38.4 Å². The summed E-state index contributed by atoms with van der Waals surface area (Å²) in [6.07, 6.45) is 5.15. The van der Waals surface area contributed by atoms with Gasteiger partial charge < -0.3 is 9.88 Å². The molecule has 1 saturated heterocycles. The number of nitrogens with one attached hydrogen (secondary N) is 1. The lowest BCUT2D eigenvalue weighted by Gasteiger charge is -2.32. The van der Waals surface area contributed by atoms with Gasteiger partial charge in [-0.3, -0.25) is 9.88 Å². The molecule has 2 aliphatic heterocycles. The Hall–Kier alpha value is -1.86. The Balaban J connectivity index is 1.38. The first-order chi connectivity index (χ1) is 11.3. The van der Waals surface area contributed by atoms with Gasteiger partial charge in [-0.2, -0.15) is 0 Å². The topological polar surface area (TPSA) is 58.9 Å². The Bertz CT molecular complexity index is 677. The van der Waals surface area contributed by atoms with Gasteiger partial charge in [0.25, 0.3) is 0 Å². The Labute approximate surface area is 134 Å². The van der Waals surface area contributed by atoms with Crippen molar-refractivity contribution in [2.75, 3.05) is 19.6 Å². The van der Waals surface area contributed by atoms with Crippen LogP contribution in [0.25, 0.3) is 0 Å². The number of piperidine rings is 1. The van der Waals surface area contributed by atoms with Crippen molar-refractivity contribution < 1.29 is 4.39 Å². The second kappa shape index (κ2) is 6.33. The molecule has 0 amide bonds. The summed E-state index contributed by atoms with van der Waals surface area (Å²) in [6, 6.07) is 1.57. The fraction of sp³-hybridized carbons (Fsp3) is 0.562. The molecule has 7 heteroatoms. The molecule has 2 aromatic heterocycles. The number of halogens is 1. The summed E-state index contributed by atoms with van der Waals surface area (Å²) in [6.45, 7) is 5.54. The van der Waals surface area contributed by atoms with Gasteiger partial charge in [-0.15, -0.1) is 10.2 Å². The number of pyridine rings is 1. The van der Waals surface area contributed by atoms with Crippen molar-refractivity contribution in [1.82, 2.24) is 30.0 Å². The summed E-state index contributed by atoms with van der Waals surface area (Å²) in [5.41, 5.74) is 0.939. The number of rotatable bonds is 3. The molecule has 1 N–H and O–H groups in total. The highest BCUT2D eigenvalue weighted by Gasteiger charge is 2.27. The largest absolute Gasteiger partial charge is 0.312 e. The molecule has 4 rings (SSSR count). The van der Waals surface area contributed by atoms with Gasteiger partial charge in [-0.25, -0.2) is 4.39 Å². The number of fused-ring (bicyclic) bond motifs is 1. The van der Waals surface area contributed by atoms with Crippen LogP contribution in [0.2, 0.25) is 0 Å². The monoisotopic (exact) mass is 316 g/mol. The SMILES string of the molecule is Fc1cncc(CN2CCC(c3nnc4n3CCNC4)CC2)c1. The van der Waals surface area contributed by atoms with Crippen molar-refractivity contribution in [3.63, 3.8) is 0 Å². The van der Waals surface area contributed by atoms with E-state index in [2.05, 4.69) is 30.0 Å². The van der Waals surface area contributed by atoms with Crippen LogP contribution in [0.4, 0.5) is 4.39 Å². The summed E-state index contributed by atoms with van der Waals surface area (Å²) in [4.78, 5) is 6.29. The number of aromatic nitrogens is 4. The molecule has 0 atom stereocenters. The van der Waals surface area contributed by atoms with E-state index in [9.17, 15) is 4.39 Å². The molecule has 1 fully saturated rings. The number of likely N-dealkylation sites (tertiary alicyclic amines) is 1. The molecule has 122 valence electrons. The van der Waals surface area contributed by atoms with Crippen molar-refractivity contribution in [2.24, 2.45) is 0 Å². The maximum Gasteiger partial charge on any atom is 0.147 e. The van der Waals surface area contributed by atoms with Crippen LogP contribution in [0, 0.1) is 5.82 Å². The van der Waals surface area contributed by atoms with E-state index in [1.165, 1.54) is 6.20 Å². The molecule has 4 heterocycles. The molecule has 23 heavy (non-hydrogen) atoms. The van der Waals surface area contributed by atoms with Crippen molar-refractivity contribution in [3.8, 4) is 0 Å². The van der Waals surface area contributed by atoms with Crippen LogP contribution >= 0.6 is 0 Å². The van der Waals surface area contributed by atoms with E-state index in [4.69, 9.17) is 0 Å². The fourth-order valence-electron chi connectivity index (χ4n) is 3.57. The third kappa shape index (κ3) is 3.11. The van der Waals surface area contributed by atoms with Gasteiger partial charge in [0.05, 0.1) is 12.7 Å². The van der Waals surface area contributed by atoms with E-state index < -0.39 is 0 Å². The molecule has 0 unspecified atom stereocenters. The molecular formula is C16H21FN6. The minimum absolute atomic E-state index is 0.263. The zero-order chi connectivity index (χ0) is 15.6. The Morgan fingerprint density at radius 1 is 1.17 bits per heavy atom. The Kier molecular flexibility index (Phi) is 4.05. The predicted molar refractivity (Wildman–Crippen MR) is 83.2 cm³/mol. The van der Waals surface area contributed by atoms with Crippen LogP contribution in [-0.2, 0) is 19.6 Å². The second-order valence-electron chi connectivity index (χ2n) is 6.36. The standard InChI is InChI=1S/C16H21FN6/c17-14-7-12(8-19-9-14)11-22-4-1-13(2-5-22)16-21-20-15-10-18-3-6-23(15)16/h7-9,13,18H,1-6,10-11H2. The van der Waals surface area contributed by atoms with Crippen molar-refractivity contribution >= 4 is 0 Å². The molecule has 2 aliphatic rings. The Morgan fingerprint density at radius 3 is 2.87 bits per heavy atom. The van der Waals surface area contributed by atoms with Crippen LogP contribution in [0.5, 0.6) is 0 Å². The normalized spacial score (nSPS) is 19.7. The average molecular weight is 316 g/mol. The average Bonchev–Trinajstić information content (AvgIpc) is 3.00. The van der Waals surface area contributed by atoms with Crippen molar-refractivity contribution in [1.29, 1.82) is 0 Å². The van der Waals surface area contributed by atoms with Crippen LogP contribution in [0.15, 0.2) is 18.5 Å². The van der Waals surface area contributed by atoms with Gasteiger partial charge in [-0.05, 0) is 37.6 Å². The fourth-order valence-corrected chi connectivity index (χ4v) is 3.57. The molecule has 0 spiro atoms. The van der Waals surface area contributed by atoms with E-state index in [1.54, 1.807) is 12.3 Å². The molecule has 0 saturated carbocycles. The summed E-state index contributed by atoms with van der Waals surface area (Å²) in [7, 11) is 0. The number of hydrogen-bond acceptors (Lipinski definition) is 5. The molecule has 0 aliphatic carbocycles. The van der Waals surface area contributed by atoms with Gasteiger partial charge in [0.1, 0.15) is 17.5 Å². The second-order valence-corrected chi connectivity index (χ2v) is 6.36. The van der Waals surface area contributed by atoms with E-state index >= 15 is 0 Å². The van der Waals surface area contributed by atoms with Gasteiger partial charge in [0, 0.05) is 31.7 Å². The van der Waals surface area contributed by atoms with Gasteiger partial charge >= 0.3 is 0 Å². The molecule has 0 aromatic carbocycles. The molecule has 0 radical (unpaired) electrons. The van der Waals surface area contributed by atoms with Crippen LogP contribution < -0.4 is 5.32 Å². The lowest BCUT2D eigenvalue weighted by atomic mass is 9.95. The maximum absolute atomic E-state index is 13.2. The van der Waals surface area contributed by atoms with E-state index in [0.717, 1.165) is 69.3 Å². The first kappa shape index (κ1) is 14.7. The van der Waals surface area contributed by atoms with Crippen LogP contribution in [-0.4, -0.2) is 44.3 Å². The van der Waals surface area contributed by atoms with Gasteiger partial charge in [0.15, 0.2) is 0 Å². The summed E-state index contributed by atoms with van der Waals surface area (Å²) in [5.74, 6) is 2.42. The lowest BCUT2D eigenvalue weighted by Crippen LogP contribution is -2.34. The van der Waals surface area contributed by atoms with E-state index in [-0.39, 0.29) is 5.82 Å². The highest BCUT2D eigenvalue weighted by atomic mass is 19.1. The van der Waals surface area contributed by atoms with Crippen molar-refractivity contribution in [3.05, 3.63) is 41.5 Å². The smallest absolute Gasteiger partial charge is 0.147 e.